The third-order valence-corrected chi connectivity index (χ3v) is 2.01. The zero-order valence-corrected chi connectivity index (χ0v) is 8.36. The molecule has 3 N–H and O–H groups in total. The number of amides is 1. The first-order valence-electron chi connectivity index (χ1n) is 4.71. The number of nitrogens with zero attached hydrogens (tertiary/aromatic N) is 1. The van der Waals surface area contributed by atoms with Crippen LogP contribution < -0.4 is 10.9 Å². The van der Waals surface area contributed by atoms with Crippen LogP contribution in [-0.2, 0) is 6.54 Å². The van der Waals surface area contributed by atoms with E-state index in [2.05, 4.69) is 20.5 Å². The van der Waals surface area contributed by atoms with Gasteiger partial charge in [0.05, 0.1) is 12.2 Å². The fraction of sp³-hybridized carbons (Fsp3) is 0.100. The first-order chi connectivity index (χ1) is 7.75. The lowest BCUT2D eigenvalue weighted by atomic mass is 10.3. The summed E-state index contributed by atoms with van der Waals surface area (Å²) in [6.45, 7) is 0.343. The van der Waals surface area contributed by atoms with E-state index in [-0.39, 0.29) is 17.2 Å². The van der Waals surface area contributed by atoms with Crippen molar-refractivity contribution in [3.63, 3.8) is 0 Å². The Morgan fingerprint density at radius 1 is 1.38 bits per heavy atom. The number of carbonyl (C=O) groups is 1. The highest BCUT2D eigenvalue weighted by molar-refractivity contribution is 5.92. The second-order valence-corrected chi connectivity index (χ2v) is 3.19. The predicted octanol–water partition coefficient (Wildman–Crippen LogP) is 0.0280. The summed E-state index contributed by atoms with van der Waals surface area (Å²) < 4.78 is 0. The van der Waals surface area contributed by atoms with Crippen molar-refractivity contribution in [2.75, 3.05) is 0 Å². The number of pyridine rings is 1. The fourth-order valence-electron chi connectivity index (χ4n) is 1.23. The molecule has 0 aliphatic rings. The smallest absolute Gasteiger partial charge is 0.268 e. The molecule has 6 heteroatoms. The van der Waals surface area contributed by atoms with Crippen LogP contribution >= 0.6 is 0 Å². The van der Waals surface area contributed by atoms with Crippen LogP contribution in [0.5, 0.6) is 0 Å². The van der Waals surface area contributed by atoms with Crippen molar-refractivity contribution in [3.05, 3.63) is 52.2 Å². The van der Waals surface area contributed by atoms with E-state index in [0.717, 1.165) is 5.69 Å². The molecule has 0 unspecified atom stereocenters. The van der Waals surface area contributed by atoms with Crippen LogP contribution in [0.2, 0.25) is 0 Å². The van der Waals surface area contributed by atoms with Crippen LogP contribution in [-0.4, -0.2) is 21.1 Å². The summed E-state index contributed by atoms with van der Waals surface area (Å²) in [6.07, 6.45) is 1.60. The molecule has 82 valence electrons. The van der Waals surface area contributed by atoms with E-state index >= 15 is 0 Å². The number of hydrogen-bond donors (Lipinski definition) is 3. The SMILES string of the molecule is O=C(NCc1ccn[nH]1)c1cccc(=O)[nH]1. The van der Waals surface area contributed by atoms with Crippen LogP contribution in [0.3, 0.4) is 0 Å². The van der Waals surface area contributed by atoms with E-state index in [9.17, 15) is 9.59 Å². The van der Waals surface area contributed by atoms with E-state index in [0.29, 0.717) is 6.54 Å². The zero-order chi connectivity index (χ0) is 11.4. The standard InChI is InChI=1S/C10H10N4O2/c15-9-3-1-2-8(13-9)10(16)11-6-7-4-5-12-14-7/h1-5H,6H2,(H,11,16)(H,12,14)(H,13,15). The minimum atomic E-state index is -0.327. The molecule has 2 rings (SSSR count). The first kappa shape index (κ1) is 10.2. The van der Waals surface area contributed by atoms with E-state index in [1.54, 1.807) is 18.3 Å². The molecule has 6 nitrogen and oxygen atoms in total. The highest BCUT2D eigenvalue weighted by Gasteiger charge is 2.05. The summed E-state index contributed by atoms with van der Waals surface area (Å²) in [4.78, 5) is 25.0. The Kier molecular flexibility index (Phi) is 2.81. The average Bonchev–Trinajstić information content (AvgIpc) is 2.78. The predicted molar refractivity (Wildman–Crippen MR) is 56.8 cm³/mol. The van der Waals surface area contributed by atoms with Crippen LogP contribution in [0, 0.1) is 0 Å². The molecule has 0 spiro atoms. The van der Waals surface area contributed by atoms with E-state index in [1.807, 2.05) is 0 Å². The topological polar surface area (TPSA) is 90.6 Å². The van der Waals surface area contributed by atoms with Gasteiger partial charge in [-0.15, -0.1) is 0 Å². The molecule has 2 aromatic rings. The van der Waals surface area contributed by atoms with Crippen molar-refractivity contribution < 1.29 is 4.79 Å². The van der Waals surface area contributed by atoms with Gasteiger partial charge in [0.15, 0.2) is 0 Å². The lowest BCUT2D eigenvalue weighted by Gasteiger charge is -2.02. The Hall–Kier alpha value is -2.37. The Balaban J connectivity index is 2.01. The maximum Gasteiger partial charge on any atom is 0.268 e. The van der Waals surface area contributed by atoms with Gasteiger partial charge in [0.2, 0.25) is 5.56 Å². The lowest BCUT2D eigenvalue weighted by Crippen LogP contribution is -2.25. The third kappa shape index (κ3) is 2.35. The van der Waals surface area contributed by atoms with Crippen molar-refractivity contribution in [1.82, 2.24) is 20.5 Å². The third-order valence-electron chi connectivity index (χ3n) is 2.01. The minimum absolute atomic E-state index is 0.243. The summed E-state index contributed by atoms with van der Waals surface area (Å²) in [5.41, 5.74) is 0.743. The molecular formula is C10H10N4O2. The van der Waals surface area contributed by atoms with Gasteiger partial charge < -0.3 is 10.3 Å². The van der Waals surface area contributed by atoms with Crippen molar-refractivity contribution in [1.29, 1.82) is 0 Å². The number of aromatic amines is 2. The normalized spacial score (nSPS) is 10.0. The van der Waals surface area contributed by atoms with Gasteiger partial charge in [-0.05, 0) is 12.1 Å². The van der Waals surface area contributed by atoms with E-state index in [4.69, 9.17) is 0 Å². The Bertz CT molecular complexity index is 530. The zero-order valence-electron chi connectivity index (χ0n) is 8.36. The van der Waals surface area contributed by atoms with Crippen LogP contribution in [0.4, 0.5) is 0 Å². The molecule has 0 atom stereocenters. The molecule has 1 amide bonds. The highest BCUT2D eigenvalue weighted by Crippen LogP contribution is 1.93. The summed E-state index contributed by atoms with van der Waals surface area (Å²) in [5, 5.41) is 9.12. The number of aromatic nitrogens is 3. The van der Waals surface area contributed by atoms with E-state index < -0.39 is 0 Å². The van der Waals surface area contributed by atoms with Gasteiger partial charge in [0.25, 0.3) is 5.91 Å². The van der Waals surface area contributed by atoms with Gasteiger partial charge in [-0.1, -0.05) is 6.07 Å². The summed E-state index contributed by atoms with van der Waals surface area (Å²) in [7, 11) is 0. The molecule has 2 aromatic heterocycles. The van der Waals surface area contributed by atoms with Gasteiger partial charge >= 0.3 is 0 Å². The molecule has 0 saturated heterocycles. The Morgan fingerprint density at radius 2 is 2.25 bits per heavy atom. The first-order valence-corrected chi connectivity index (χ1v) is 4.71. The van der Waals surface area contributed by atoms with Crippen molar-refractivity contribution in [2.45, 2.75) is 6.54 Å². The number of nitrogens with one attached hydrogen (secondary N) is 3. The quantitative estimate of drug-likeness (QED) is 0.678. The van der Waals surface area contributed by atoms with Crippen LogP contribution in [0.15, 0.2) is 35.3 Å². The minimum Gasteiger partial charge on any atom is -0.345 e. The molecule has 0 saturated carbocycles. The van der Waals surface area contributed by atoms with Gasteiger partial charge in [-0.25, -0.2) is 0 Å². The van der Waals surface area contributed by atoms with Crippen LogP contribution in [0.1, 0.15) is 16.2 Å². The van der Waals surface area contributed by atoms with Crippen LogP contribution in [0.25, 0.3) is 0 Å². The summed E-state index contributed by atoms with van der Waals surface area (Å²) >= 11 is 0. The molecule has 0 aliphatic heterocycles. The number of hydrogen-bond acceptors (Lipinski definition) is 3. The number of carbonyl (C=O) groups excluding carboxylic acids is 1. The van der Waals surface area contributed by atoms with Gasteiger partial charge in [0, 0.05) is 12.3 Å². The maximum atomic E-state index is 11.6. The van der Waals surface area contributed by atoms with E-state index in [1.165, 1.54) is 12.1 Å². The van der Waals surface area contributed by atoms with Gasteiger partial charge in [0.1, 0.15) is 5.69 Å². The molecular weight excluding hydrogens is 208 g/mol. The summed E-state index contributed by atoms with van der Waals surface area (Å²) in [6, 6.07) is 6.19. The average molecular weight is 218 g/mol. The second kappa shape index (κ2) is 4.43. The molecule has 0 aliphatic carbocycles. The van der Waals surface area contributed by atoms with Crippen molar-refractivity contribution >= 4 is 5.91 Å². The Morgan fingerprint density at radius 3 is 2.94 bits per heavy atom. The van der Waals surface area contributed by atoms with Gasteiger partial charge in [-0.3, -0.25) is 14.7 Å². The molecule has 2 heterocycles. The molecule has 16 heavy (non-hydrogen) atoms. The lowest BCUT2D eigenvalue weighted by molar-refractivity contribution is 0.0945. The molecule has 0 aromatic carbocycles. The van der Waals surface area contributed by atoms with Gasteiger partial charge in [-0.2, -0.15) is 5.10 Å². The molecule has 0 radical (unpaired) electrons. The highest BCUT2D eigenvalue weighted by atomic mass is 16.2. The van der Waals surface area contributed by atoms with Crippen molar-refractivity contribution in [2.24, 2.45) is 0 Å². The fourth-order valence-corrected chi connectivity index (χ4v) is 1.23. The maximum absolute atomic E-state index is 11.6. The summed E-state index contributed by atoms with van der Waals surface area (Å²) in [5.74, 6) is -0.327. The Labute approximate surface area is 90.7 Å². The monoisotopic (exact) mass is 218 g/mol. The molecule has 0 bridgehead atoms. The molecule has 0 fully saturated rings. The second-order valence-electron chi connectivity index (χ2n) is 3.19. The number of H-pyrrole nitrogens is 2. The number of rotatable bonds is 3. The largest absolute Gasteiger partial charge is 0.345 e. The van der Waals surface area contributed by atoms with Crippen molar-refractivity contribution in [3.8, 4) is 0 Å².